The summed E-state index contributed by atoms with van der Waals surface area (Å²) in [6, 6.07) is 5.98. The van der Waals surface area contributed by atoms with Gasteiger partial charge in [-0.15, -0.1) is 0 Å². The molecule has 1 aliphatic rings. The van der Waals surface area contributed by atoms with Gasteiger partial charge in [0.05, 0.1) is 17.6 Å². The van der Waals surface area contributed by atoms with Crippen LogP contribution in [0.2, 0.25) is 5.02 Å². The number of halogens is 1. The first-order valence-corrected chi connectivity index (χ1v) is 8.41. The van der Waals surface area contributed by atoms with Gasteiger partial charge in [-0.1, -0.05) is 30.9 Å². The van der Waals surface area contributed by atoms with E-state index in [1.165, 1.54) is 37.9 Å². The fourth-order valence-electron chi connectivity index (χ4n) is 3.32. The van der Waals surface area contributed by atoms with Gasteiger partial charge in [0.15, 0.2) is 0 Å². The minimum absolute atomic E-state index is 0.589. The van der Waals surface area contributed by atoms with Crippen molar-refractivity contribution in [2.24, 2.45) is 0 Å². The molecule has 0 saturated heterocycles. The summed E-state index contributed by atoms with van der Waals surface area (Å²) in [5.74, 6) is 1.82. The maximum atomic E-state index is 6.17. The zero-order chi connectivity index (χ0) is 14.7. The molecule has 0 radical (unpaired) electrons. The van der Waals surface area contributed by atoms with Crippen LogP contribution >= 0.6 is 11.6 Å². The summed E-state index contributed by atoms with van der Waals surface area (Å²) >= 11 is 6.17. The van der Waals surface area contributed by atoms with Crippen LogP contribution in [0.5, 0.6) is 0 Å². The number of nitrogens with zero attached hydrogens (tertiary/aromatic N) is 2. The predicted octanol–water partition coefficient (Wildman–Crippen LogP) is 4.77. The van der Waals surface area contributed by atoms with E-state index in [4.69, 9.17) is 21.3 Å². The summed E-state index contributed by atoms with van der Waals surface area (Å²) in [5, 5.41) is 0.773. The van der Waals surface area contributed by atoms with Crippen LogP contribution in [0, 0.1) is 0 Å². The molecule has 3 nitrogen and oxygen atoms in total. The fourth-order valence-corrected chi connectivity index (χ4v) is 3.49. The van der Waals surface area contributed by atoms with Gasteiger partial charge in [0.25, 0.3) is 0 Å². The Balaban J connectivity index is 1.97. The van der Waals surface area contributed by atoms with Gasteiger partial charge in [-0.2, -0.15) is 0 Å². The first kappa shape index (κ1) is 14.9. The second-order valence-electron chi connectivity index (χ2n) is 5.79. The van der Waals surface area contributed by atoms with Crippen LogP contribution in [0.3, 0.4) is 0 Å². The second kappa shape index (κ2) is 6.80. The maximum Gasteiger partial charge on any atom is 0.113 e. The number of fused-ring (bicyclic) bond motifs is 1. The largest absolute Gasteiger partial charge is 0.380 e. The van der Waals surface area contributed by atoms with Crippen molar-refractivity contribution in [3.63, 3.8) is 0 Å². The molecule has 0 N–H and O–H groups in total. The van der Waals surface area contributed by atoms with Gasteiger partial charge in [0.2, 0.25) is 0 Å². The summed E-state index contributed by atoms with van der Waals surface area (Å²) in [6.45, 7) is 4.38. The maximum absolute atomic E-state index is 6.17. The van der Waals surface area contributed by atoms with Crippen LogP contribution in [0.25, 0.3) is 11.0 Å². The third-order valence-electron chi connectivity index (χ3n) is 4.37. The minimum atomic E-state index is 0.589. The molecule has 1 heterocycles. The van der Waals surface area contributed by atoms with Gasteiger partial charge in [-0.25, -0.2) is 4.98 Å². The third kappa shape index (κ3) is 3.24. The van der Waals surface area contributed by atoms with Crippen LogP contribution in [0.4, 0.5) is 0 Å². The normalized spacial score (nSPS) is 16.7. The molecule has 0 bridgehead atoms. The quantitative estimate of drug-likeness (QED) is 0.744. The van der Waals surface area contributed by atoms with E-state index in [1.54, 1.807) is 0 Å². The molecule has 1 aromatic heterocycles. The molecular weight excluding hydrogens is 284 g/mol. The van der Waals surface area contributed by atoms with E-state index in [0.717, 1.165) is 35.8 Å². The lowest BCUT2D eigenvalue weighted by molar-refractivity contribution is 0.138. The summed E-state index contributed by atoms with van der Waals surface area (Å²) in [6.07, 6.45) is 6.51. The first-order chi connectivity index (χ1) is 10.3. The summed E-state index contributed by atoms with van der Waals surface area (Å²) in [7, 11) is 0. The van der Waals surface area contributed by atoms with E-state index in [0.29, 0.717) is 5.92 Å². The Bertz CT molecular complexity index is 602. The van der Waals surface area contributed by atoms with Crippen LogP contribution in [0.1, 0.15) is 50.8 Å². The molecule has 21 heavy (non-hydrogen) atoms. The highest BCUT2D eigenvalue weighted by Gasteiger charge is 2.22. The van der Waals surface area contributed by atoms with Gasteiger partial charge in [0, 0.05) is 24.1 Å². The number of rotatable bonds is 5. The number of imidazole rings is 1. The smallest absolute Gasteiger partial charge is 0.113 e. The molecule has 1 aromatic carbocycles. The molecule has 1 saturated carbocycles. The van der Waals surface area contributed by atoms with Crippen LogP contribution in [-0.4, -0.2) is 22.8 Å². The van der Waals surface area contributed by atoms with Gasteiger partial charge < -0.3 is 9.30 Å². The molecule has 0 spiro atoms. The highest BCUT2D eigenvalue weighted by Crippen LogP contribution is 2.34. The van der Waals surface area contributed by atoms with E-state index in [-0.39, 0.29) is 0 Å². The SMILES string of the molecule is CCOCCn1c(C2CCCCC2)nc2ccc(Cl)cc21. The van der Waals surface area contributed by atoms with Crippen LogP contribution in [0.15, 0.2) is 18.2 Å². The van der Waals surface area contributed by atoms with Crippen molar-refractivity contribution in [2.45, 2.75) is 51.5 Å². The molecule has 3 rings (SSSR count). The molecular formula is C17H23ClN2O. The van der Waals surface area contributed by atoms with Gasteiger partial charge >= 0.3 is 0 Å². The number of benzene rings is 1. The van der Waals surface area contributed by atoms with Crippen molar-refractivity contribution >= 4 is 22.6 Å². The molecule has 0 atom stereocenters. The molecule has 0 amide bonds. The van der Waals surface area contributed by atoms with Crippen molar-refractivity contribution in [1.29, 1.82) is 0 Å². The summed E-state index contributed by atoms with van der Waals surface area (Å²) in [5.41, 5.74) is 2.19. The Morgan fingerprint density at radius 2 is 2.10 bits per heavy atom. The minimum Gasteiger partial charge on any atom is -0.380 e. The standard InChI is InChI=1S/C17H23ClN2O/c1-2-21-11-10-20-16-12-14(18)8-9-15(16)19-17(20)13-6-4-3-5-7-13/h8-9,12-13H,2-7,10-11H2,1H3. The lowest BCUT2D eigenvalue weighted by Gasteiger charge is -2.22. The van der Waals surface area contributed by atoms with Gasteiger partial charge in [-0.05, 0) is 38.0 Å². The van der Waals surface area contributed by atoms with E-state index in [2.05, 4.69) is 4.57 Å². The Morgan fingerprint density at radius 3 is 2.86 bits per heavy atom. The summed E-state index contributed by atoms with van der Waals surface area (Å²) in [4.78, 5) is 4.90. The average molecular weight is 307 g/mol. The molecule has 2 aromatic rings. The Hall–Kier alpha value is -1.06. The highest BCUT2D eigenvalue weighted by atomic mass is 35.5. The highest BCUT2D eigenvalue weighted by molar-refractivity contribution is 6.31. The predicted molar refractivity (Wildman–Crippen MR) is 87.1 cm³/mol. The summed E-state index contributed by atoms with van der Waals surface area (Å²) < 4.78 is 7.87. The number of hydrogen-bond acceptors (Lipinski definition) is 2. The zero-order valence-electron chi connectivity index (χ0n) is 12.6. The van der Waals surface area contributed by atoms with E-state index >= 15 is 0 Å². The fraction of sp³-hybridized carbons (Fsp3) is 0.588. The van der Waals surface area contributed by atoms with Crippen LogP contribution in [-0.2, 0) is 11.3 Å². The van der Waals surface area contributed by atoms with E-state index < -0.39 is 0 Å². The van der Waals surface area contributed by atoms with Crippen molar-refractivity contribution in [3.05, 3.63) is 29.0 Å². The average Bonchev–Trinajstić information content (AvgIpc) is 2.87. The van der Waals surface area contributed by atoms with Gasteiger partial charge in [0.1, 0.15) is 5.82 Å². The lowest BCUT2D eigenvalue weighted by atomic mass is 9.88. The van der Waals surface area contributed by atoms with Crippen molar-refractivity contribution in [1.82, 2.24) is 9.55 Å². The molecule has 4 heteroatoms. The van der Waals surface area contributed by atoms with E-state index in [9.17, 15) is 0 Å². The molecule has 1 fully saturated rings. The Kier molecular flexibility index (Phi) is 4.81. The van der Waals surface area contributed by atoms with Crippen LogP contribution < -0.4 is 0 Å². The topological polar surface area (TPSA) is 27.1 Å². The number of aromatic nitrogens is 2. The molecule has 1 aliphatic carbocycles. The van der Waals surface area contributed by atoms with Crippen molar-refractivity contribution in [3.8, 4) is 0 Å². The number of hydrogen-bond donors (Lipinski definition) is 0. The first-order valence-electron chi connectivity index (χ1n) is 8.03. The van der Waals surface area contributed by atoms with E-state index in [1.807, 2.05) is 25.1 Å². The molecule has 114 valence electrons. The van der Waals surface area contributed by atoms with Crippen molar-refractivity contribution < 1.29 is 4.74 Å². The Morgan fingerprint density at radius 1 is 1.29 bits per heavy atom. The zero-order valence-corrected chi connectivity index (χ0v) is 13.4. The van der Waals surface area contributed by atoms with Gasteiger partial charge in [-0.3, -0.25) is 0 Å². The second-order valence-corrected chi connectivity index (χ2v) is 6.22. The molecule has 0 aliphatic heterocycles. The molecule has 0 unspecified atom stereocenters. The van der Waals surface area contributed by atoms with Crippen molar-refractivity contribution in [2.75, 3.05) is 13.2 Å². The third-order valence-corrected chi connectivity index (χ3v) is 4.61. The lowest BCUT2D eigenvalue weighted by Crippen LogP contribution is -2.14. The number of ether oxygens (including phenoxy) is 1. The monoisotopic (exact) mass is 306 g/mol. The Labute approximate surface area is 131 Å².